The van der Waals surface area contributed by atoms with Gasteiger partial charge in [-0.15, -0.1) is 0 Å². The minimum atomic E-state index is -1.05. The Kier molecular flexibility index (Phi) is 3.11. The minimum Gasteiger partial charge on any atom is -0.491 e. The van der Waals surface area contributed by atoms with Crippen LogP contribution in [-0.4, -0.2) is 23.1 Å². The molecule has 0 aromatic carbocycles. The van der Waals surface area contributed by atoms with Crippen LogP contribution >= 0.6 is 0 Å². The minimum absolute atomic E-state index is 0.0201. The third kappa shape index (κ3) is 2.04. The highest BCUT2D eigenvalue weighted by atomic mass is 16.5. The van der Waals surface area contributed by atoms with Gasteiger partial charge in [-0.05, 0) is 33.8 Å². The summed E-state index contributed by atoms with van der Waals surface area (Å²) < 4.78 is 5.35. The number of Topliss-reactive ketones (excluding diaryl/α,β-unsaturated/α-hetero) is 1. The number of ether oxygens (including phenoxy) is 1. The first-order valence-corrected chi connectivity index (χ1v) is 4.71. The zero-order valence-corrected chi connectivity index (χ0v) is 9.00. The number of aliphatic hydroxyl groups excluding tert-OH is 1. The van der Waals surface area contributed by atoms with Crippen LogP contribution in [0.2, 0.25) is 0 Å². The van der Waals surface area contributed by atoms with E-state index in [-0.39, 0.29) is 11.9 Å². The molecule has 0 radical (unpaired) electrons. The molecule has 3 heteroatoms. The highest BCUT2D eigenvalue weighted by Crippen LogP contribution is 2.28. The maximum atomic E-state index is 11.3. The molecule has 1 unspecified atom stereocenters. The van der Waals surface area contributed by atoms with Crippen LogP contribution in [0.25, 0.3) is 0 Å². The second-order valence-electron chi connectivity index (χ2n) is 3.93. The van der Waals surface area contributed by atoms with Gasteiger partial charge in [0.2, 0.25) is 5.78 Å². The molecule has 3 nitrogen and oxygen atoms in total. The fraction of sp³-hybridized carbons (Fsp3) is 0.545. The van der Waals surface area contributed by atoms with E-state index in [0.717, 1.165) is 5.57 Å². The average molecular weight is 196 g/mol. The van der Waals surface area contributed by atoms with Gasteiger partial charge in [-0.1, -0.05) is 5.57 Å². The van der Waals surface area contributed by atoms with Gasteiger partial charge in [-0.2, -0.15) is 0 Å². The van der Waals surface area contributed by atoms with Crippen LogP contribution < -0.4 is 0 Å². The molecule has 1 atom stereocenters. The Morgan fingerprint density at radius 2 is 2.07 bits per heavy atom. The Morgan fingerprint density at radius 3 is 2.50 bits per heavy atom. The molecular weight excluding hydrogens is 180 g/mol. The van der Waals surface area contributed by atoms with Crippen LogP contribution in [0.3, 0.4) is 0 Å². The highest BCUT2D eigenvalue weighted by molar-refractivity contribution is 6.10. The third-order valence-corrected chi connectivity index (χ3v) is 1.82. The summed E-state index contributed by atoms with van der Waals surface area (Å²) >= 11 is 0. The van der Waals surface area contributed by atoms with Crippen molar-refractivity contribution in [1.29, 1.82) is 0 Å². The predicted octanol–water partition coefficient (Wildman–Crippen LogP) is 1.58. The molecule has 0 saturated heterocycles. The van der Waals surface area contributed by atoms with Crippen molar-refractivity contribution in [3.63, 3.8) is 0 Å². The van der Waals surface area contributed by atoms with Crippen LogP contribution in [0, 0.1) is 0 Å². The number of hydrogen-bond acceptors (Lipinski definition) is 3. The SMILES string of the molecule is CC(C)=CC1=C(OC(C)C)C(O)C1=O. The summed E-state index contributed by atoms with van der Waals surface area (Å²) in [5, 5.41) is 9.35. The average Bonchev–Trinajstić information content (AvgIpc) is 2.09. The van der Waals surface area contributed by atoms with Crippen molar-refractivity contribution in [2.24, 2.45) is 0 Å². The Hall–Kier alpha value is -1.09. The van der Waals surface area contributed by atoms with E-state index in [0.29, 0.717) is 11.3 Å². The molecule has 14 heavy (non-hydrogen) atoms. The molecule has 1 rings (SSSR count). The quantitative estimate of drug-likeness (QED) is 0.745. The number of rotatable bonds is 3. The Balaban J connectivity index is 2.91. The van der Waals surface area contributed by atoms with Crippen molar-refractivity contribution in [2.45, 2.75) is 39.9 Å². The number of allylic oxidation sites excluding steroid dienone is 2. The first-order chi connectivity index (χ1) is 6.43. The highest BCUT2D eigenvalue weighted by Gasteiger charge is 2.38. The smallest absolute Gasteiger partial charge is 0.202 e. The Morgan fingerprint density at radius 1 is 1.50 bits per heavy atom. The van der Waals surface area contributed by atoms with Crippen molar-refractivity contribution in [1.82, 2.24) is 0 Å². The molecule has 0 aromatic heterocycles. The summed E-state index contributed by atoms with van der Waals surface area (Å²) in [6.07, 6.45) is 0.670. The molecule has 1 aliphatic rings. The summed E-state index contributed by atoms with van der Waals surface area (Å²) in [4.78, 5) is 11.3. The van der Waals surface area contributed by atoms with Crippen LogP contribution in [0.5, 0.6) is 0 Å². The van der Waals surface area contributed by atoms with E-state index < -0.39 is 6.10 Å². The number of carbonyl (C=O) groups is 1. The predicted molar refractivity (Wildman–Crippen MR) is 53.7 cm³/mol. The van der Waals surface area contributed by atoms with Gasteiger partial charge in [0.25, 0.3) is 0 Å². The summed E-state index contributed by atoms with van der Waals surface area (Å²) in [7, 11) is 0. The molecule has 0 amide bonds. The van der Waals surface area contributed by atoms with E-state index in [1.165, 1.54) is 0 Å². The van der Waals surface area contributed by atoms with Gasteiger partial charge in [-0.25, -0.2) is 0 Å². The Labute approximate surface area is 84.1 Å². The fourth-order valence-electron chi connectivity index (χ4n) is 1.27. The van der Waals surface area contributed by atoms with Crippen molar-refractivity contribution in [3.05, 3.63) is 23.0 Å². The van der Waals surface area contributed by atoms with Gasteiger partial charge in [0.1, 0.15) is 5.76 Å². The van der Waals surface area contributed by atoms with Gasteiger partial charge in [0.05, 0.1) is 11.7 Å². The van der Waals surface area contributed by atoms with Crippen molar-refractivity contribution in [3.8, 4) is 0 Å². The second-order valence-corrected chi connectivity index (χ2v) is 3.93. The van der Waals surface area contributed by atoms with Crippen LogP contribution in [0.4, 0.5) is 0 Å². The van der Waals surface area contributed by atoms with E-state index in [9.17, 15) is 9.90 Å². The second kappa shape index (κ2) is 3.96. The standard InChI is InChI=1S/C11H16O3/c1-6(2)5-8-9(12)10(13)11(8)14-7(3)4/h5,7,10,13H,1-4H3. The zero-order chi connectivity index (χ0) is 10.9. The van der Waals surface area contributed by atoms with Crippen LogP contribution in [-0.2, 0) is 9.53 Å². The van der Waals surface area contributed by atoms with Crippen molar-refractivity contribution in [2.75, 3.05) is 0 Å². The lowest BCUT2D eigenvalue weighted by atomic mass is 9.89. The van der Waals surface area contributed by atoms with Gasteiger partial charge < -0.3 is 9.84 Å². The van der Waals surface area contributed by atoms with Gasteiger partial charge >= 0.3 is 0 Å². The van der Waals surface area contributed by atoms with Crippen molar-refractivity contribution < 1.29 is 14.6 Å². The van der Waals surface area contributed by atoms with E-state index in [1.807, 2.05) is 27.7 Å². The third-order valence-electron chi connectivity index (χ3n) is 1.82. The van der Waals surface area contributed by atoms with Crippen LogP contribution in [0.15, 0.2) is 23.0 Å². The summed E-state index contributed by atoms with van der Waals surface area (Å²) in [6.45, 7) is 7.53. The maximum Gasteiger partial charge on any atom is 0.202 e. The summed E-state index contributed by atoms with van der Waals surface area (Å²) in [6, 6.07) is 0. The summed E-state index contributed by atoms with van der Waals surface area (Å²) in [5.41, 5.74) is 1.52. The molecule has 0 saturated carbocycles. The lowest BCUT2D eigenvalue weighted by Crippen LogP contribution is -2.38. The molecule has 0 aliphatic heterocycles. The fourth-order valence-corrected chi connectivity index (χ4v) is 1.27. The zero-order valence-electron chi connectivity index (χ0n) is 9.00. The molecule has 1 N–H and O–H groups in total. The van der Waals surface area contributed by atoms with Gasteiger partial charge in [-0.3, -0.25) is 4.79 Å². The molecule has 0 aromatic rings. The van der Waals surface area contributed by atoms with E-state index in [2.05, 4.69) is 0 Å². The molecule has 1 aliphatic carbocycles. The first kappa shape index (κ1) is 11.0. The number of carbonyl (C=O) groups excluding carboxylic acids is 1. The number of hydrogen-bond donors (Lipinski definition) is 1. The van der Waals surface area contributed by atoms with Crippen LogP contribution in [0.1, 0.15) is 27.7 Å². The van der Waals surface area contributed by atoms with Gasteiger partial charge in [0, 0.05) is 0 Å². The molecule has 0 heterocycles. The van der Waals surface area contributed by atoms with E-state index in [4.69, 9.17) is 4.74 Å². The molecule has 0 bridgehead atoms. The topological polar surface area (TPSA) is 46.5 Å². The Bertz CT molecular complexity index is 306. The molecule has 0 fully saturated rings. The van der Waals surface area contributed by atoms with Crippen molar-refractivity contribution >= 4 is 5.78 Å². The van der Waals surface area contributed by atoms with Gasteiger partial charge in [0.15, 0.2) is 6.10 Å². The maximum absolute atomic E-state index is 11.3. The molecule has 0 spiro atoms. The first-order valence-electron chi connectivity index (χ1n) is 4.71. The monoisotopic (exact) mass is 196 g/mol. The van der Waals surface area contributed by atoms with E-state index >= 15 is 0 Å². The van der Waals surface area contributed by atoms with E-state index in [1.54, 1.807) is 6.08 Å². The lowest BCUT2D eigenvalue weighted by Gasteiger charge is -2.28. The molecular formula is C11H16O3. The largest absolute Gasteiger partial charge is 0.491 e. The normalized spacial score (nSPS) is 21.0. The molecule has 78 valence electrons. The lowest BCUT2D eigenvalue weighted by molar-refractivity contribution is -0.128. The number of aliphatic hydroxyl groups is 1. The summed E-state index contributed by atoms with van der Waals surface area (Å²) in [5.74, 6) is 0.160. The number of ketones is 1.